The largest absolute Gasteiger partial charge is 0.349 e. The van der Waals surface area contributed by atoms with Gasteiger partial charge in [-0.1, -0.05) is 47.5 Å². The number of halogens is 4. The summed E-state index contributed by atoms with van der Waals surface area (Å²) in [4.78, 5) is 42.3. The summed E-state index contributed by atoms with van der Waals surface area (Å²) in [5.41, 5.74) is 7.20. The molecule has 1 atom stereocenters. The standard InChI is InChI=1S/C26H22Cl2F2N4O3/c27-21-5-4-17(11-22(21)28)25(36)33-6-7-34(26(37)18-9-19(29)12-20(30)10-18)24(33)23(35)32-14-16-3-1-2-15(8-16)13-31/h1-5,8-12,24H,6-7,13-14,31H2,(H,32,35). The second-order valence-electron chi connectivity index (χ2n) is 8.40. The van der Waals surface area contributed by atoms with Crippen molar-refractivity contribution in [3.8, 4) is 0 Å². The van der Waals surface area contributed by atoms with Crippen LogP contribution in [0, 0.1) is 11.6 Å². The summed E-state index contributed by atoms with van der Waals surface area (Å²) >= 11 is 12.0. The zero-order valence-electron chi connectivity index (χ0n) is 19.4. The molecule has 0 radical (unpaired) electrons. The third kappa shape index (κ3) is 5.90. The smallest absolute Gasteiger partial charge is 0.264 e. The van der Waals surface area contributed by atoms with Gasteiger partial charge in [0.2, 0.25) is 0 Å². The van der Waals surface area contributed by atoms with Crippen molar-refractivity contribution < 1.29 is 23.2 Å². The maximum absolute atomic E-state index is 13.8. The predicted molar refractivity (Wildman–Crippen MR) is 135 cm³/mol. The van der Waals surface area contributed by atoms with E-state index in [0.717, 1.165) is 28.2 Å². The lowest BCUT2D eigenvalue weighted by molar-refractivity contribution is -0.128. The van der Waals surface area contributed by atoms with E-state index in [1.54, 1.807) is 12.1 Å². The van der Waals surface area contributed by atoms with Crippen molar-refractivity contribution in [3.63, 3.8) is 0 Å². The number of nitrogens with one attached hydrogen (secondary N) is 1. The summed E-state index contributed by atoms with van der Waals surface area (Å²) in [5.74, 6) is -3.88. The van der Waals surface area contributed by atoms with Crippen LogP contribution in [0.1, 0.15) is 31.8 Å². The van der Waals surface area contributed by atoms with E-state index < -0.39 is 35.5 Å². The second-order valence-corrected chi connectivity index (χ2v) is 9.21. The maximum atomic E-state index is 13.8. The van der Waals surface area contributed by atoms with Crippen LogP contribution in [-0.4, -0.2) is 46.8 Å². The average molecular weight is 547 g/mol. The first kappa shape index (κ1) is 26.5. The molecule has 192 valence electrons. The molecule has 11 heteroatoms. The molecule has 3 N–H and O–H groups in total. The van der Waals surface area contributed by atoms with Crippen molar-refractivity contribution in [1.82, 2.24) is 15.1 Å². The van der Waals surface area contributed by atoms with Crippen LogP contribution >= 0.6 is 23.2 Å². The number of hydrogen-bond donors (Lipinski definition) is 2. The van der Waals surface area contributed by atoms with Gasteiger partial charge in [0.15, 0.2) is 6.17 Å². The number of carbonyl (C=O) groups excluding carboxylic acids is 3. The summed E-state index contributed by atoms with van der Waals surface area (Å²) < 4.78 is 27.6. The van der Waals surface area contributed by atoms with Gasteiger partial charge < -0.3 is 20.9 Å². The van der Waals surface area contributed by atoms with Crippen LogP contribution in [0.25, 0.3) is 0 Å². The Morgan fingerprint density at radius 3 is 2.08 bits per heavy atom. The zero-order chi connectivity index (χ0) is 26.7. The Hall–Kier alpha value is -3.53. The lowest BCUT2D eigenvalue weighted by Crippen LogP contribution is -2.53. The summed E-state index contributed by atoms with van der Waals surface area (Å²) in [7, 11) is 0. The molecule has 1 aliphatic rings. The van der Waals surface area contributed by atoms with Gasteiger partial charge in [0.25, 0.3) is 17.7 Å². The van der Waals surface area contributed by atoms with Gasteiger partial charge in [-0.3, -0.25) is 14.4 Å². The van der Waals surface area contributed by atoms with Gasteiger partial charge in [-0.25, -0.2) is 8.78 Å². The minimum absolute atomic E-state index is 0.00334. The second kappa shape index (κ2) is 11.2. The third-order valence-corrected chi connectivity index (χ3v) is 6.64. The first-order chi connectivity index (χ1) is 17.7. The fourth-order valence-electron chi connectivity index (χ4n) is 4.12. The zero-order valence-corrected chi connectivity index (χ0v) is 20.9. The van der Waals surface area contributed by atoms with Crippen LogP contribution in [0.2, 0.25) is 10.0 Å². The van der Waals surface area contributed by atoms with Crippen LogP contribution in [-0.2, 0) is 17.9 Å². The van der Waals surface area contributed by atoms with Crippen LogP contribution < -0.4 is 11.1 Å². The van der Waals surface area contributed by atoms with Gasteiger partial charge in [0.05, 0.1) is 10.0 Å². The molecule has 0 spiro atoms. The summed E-state index contributed by atoms with van der Waals surface area (Å²) in [6, 6.07) is 13.9. The fourth-order valence-corrected chi connectivity index (χ4v) is 4.42. The Morgan fingerprint density at radius 1 is 0.838 bits per heavy atom. The van der Waals surface area contributed by atoms with E-state index in [1.807, 2.05) is 12.1 Å². The summed E-state index contributed by atoms with van der Waals surface area (Å²) in [6.07, 6.45) is -1.38. The molecule has 3 amide bonds. The van der Waals surface area contributed by atoms with Crippen molar-refractivity contribution in [2.45, 2.75) is 19.3 Å². The lowest BCUT2D eigenvalue weighted by atomic mass is 10.1. The Labute approximate surface area is 221 Å². The molecule has 3 aromatic carbocycles. The molecule has 37 heavy (non-hydrogen) atoms. The minimum atomic E-state index is -1.38. The molecule has 7 nitrogen and oxygen atoms in total. The molecule has 1 fully saturated rings. The van der Waals surface area contributed by atoms with E-state index in [9.17, 15) is 23.2 Å². The monoisotopic (exact) mass is 546 g/mol. The molecule has 0 aliphatic carbocycles. The normalized spacial score (nSPS) is 15.1. The number of rotatable bonds is 6. The molecule has 0 bridgehead atoms. The minimum Gasteiger partial charge on any atom is -0.349 e. The molecule has 1 heterocycles. The summed E-state index contributed by atoms with van der Waals surface area (Å²) in [5, 5.41) is 3.14. The number of nitrogens with zero attached hydrogens (tertiary/aromatic N) is 2. The van der Waals surface area contributed by atoms with Gasteiger partial charge in [0.1, 0.15) is 11.6 Å². The van der Waals surface area contributed by atoms with Crippen molar-refractivity contribution in [2.24, 2.45) is 5.73 Å². The molecule has 0 saturated carbocycles. The third-order valence-electron chi connectivity index (χ3n) is 5.90. The van der Waals surface area contributed by atoms with Crippen LogP contribution in [0.5, 0.6) is 0 Å². The van der Waals surface area contributed by atoms with E-state index in [-0.39, 0.29) is 40.8 Å². The molecule has 1 saturated heterocycles. The highest BCUT2D eigenvalue weighted by Crippen LogP contribution is 2.26. The number of hydrogen-bond acceptors (Lipinski definition) is 4. The van der Waals surface area contributed by atoms with Crippen molar-refractivity contribution in [1.29, 1.82) is 0 Å². The van der Waals surface area contributed by atoms with Crippen molar-refractivity contribution >= 4 is 40.9 Å². The van der Waals surface area contributed by atoms with Gasteiger partial charge >= 0.3 is 0 Å². The molecule has 1 aliphatic heterocycles. The van der Waals surface area contributed by atoms with Crippen molar-refractivity contribution in [3.05, 3.63) is 105 Å². The van der Waals surface area contributed by atoms with E-state index in [2.05, 4.69) is 5.32 Å². The van der Waals surface area contributed by atoms with Gasteiger partial charge in [-0.2, -0.15) is 0 Å². The molecular weight excluding hydrogens is 525 g/mol. The van der Waals surface area contributed by atoms with Gasteiger partial charge in [-0.05, 0) is 41.5 Å². The molecule has 4 rings (SSSR count). The average Bonchev–Trinajstić information content (AvgIpc) is 3.32. The topological polar surface area (TPSA) is 95.7 Å². The van der Waals surface area contributed by atoms with E-state index in [1.165, 1.54) is 23.1 Å². The Bertz CT molecular complexity index is 1350. The number of nitrogens with two attached hydrogens (primary N) is 1. The molecule has 3 aromatic rings. The number of carbonyl (C=O) groups is 3. The van der Waals surface area contributed by atoms with Gasteiger partial charge in [-0.15, -0.1) is 0 Å². The molecule has 1 unspecified atom stereocenters. The number of benzene rings is 3. The highest BCUT2D eigenvalue weighted by molar-refractivity contribution is 6.42. The SMILES string of the molecule is NCc1cccc(CNC(=O)C2N(C(=O)c3cc(F)cc(F)c3)CCN2C(=O)c2ccc(Cl)c(Cl)c2)c1. The molecule has 0 aromatic heterocycles. The Kier molecular flexibility index (Phi) is 8.06. The highest BCUT2D eigenvalue weighted by Gasteiger charge is 2.43. The van der Waals surface area contributed by atoms with E-state index in [0.29, 0.717) is 12.6 Å². The quantitative estimate of drug-likeness (QED) is 0.489. The first-order valence-electron chi connectivity index (χ1n) is 11.3. The highest BCUT2D eigenvalue weighted by atomic mass is 35.5. The number of amides is 3. The Morgan fingerprint density at radius 2 is 1.46 bits per heavy atom. The molecular formula is C26H22Cl2F2N4O3. The Balaban J connectivity index is 1.64. The maximum Gasteiger partial charge on any atom is 0.264 e. The van der Waals surface area contributed by atoms with Crippen LogP contribution in [0.3, 0.4) is 0 Å². The fraction of sp³-hybridized carbons (Fsp3) is 0.192. The predicted octanol–water partition coefficient (Wildman–Crippen LogP) is 3.97. The summed E-state index contributed by atoms with van der Waals surface area (Å²) in [6.45, 7) is 0.394. The van der Waals surface area contributed by atoms with Crippen LogP contribution in [0.15, 0.2) is 60.7 Å². The first-order valence-corrected chi connectivity index (χ1v) is 12.0. The van der Waals surface area contributed by atoms with E-state index >= 15 is 0 Å². The van der Waals surface area contributed by atoms with Gasteiger partial charge in [0, 0.05) is 43.4 Å². The van der Waals surface area contributed by atoms with Crippen molar-refractivity contribution in [2.75, 3.05) is 13.1 Å². The van der Waals surface area contributed by atoms with E-state index in [4.69, 9.17) is 28.9 Å². The lowest BCUT2D eigenvalue weighted by Gasteiger charge is -2.29. The van der Waals surface area contributed by atoms with Crippen LogP contribution in [0.4, 0.5) is 8.78 Å².